The molecule has 0 radical (unpaired) electrons. The summed E-state index contributed by atoms with van der Waals surface area (Å²) in [6, 6.07) is 0.0601. The summed E-state index contributed by atoms with van der Waals surface area (Å²) < 4.78 is 4.76. The van der Waals surface area contributed by atoms with Crippen LogP contribution in [0.5, 0.6) is 0 Å². The van der Waals surface area contributed by atoms with Crippen molar-refractivity contribution in [1.29, 1.82) is 0 Å². The first-order valence-electron chi connectivity index (χ1n) is 4.55. The molecule has 0 spiro atoms. The lowest BCUT2D eigenvalue weighted by atomic mass is 9.93. The zero-order valence-electron chi connectivity index (χ0n) is 7.38. The molecule has 2 aliphatic carbocycles. The summed E-state index contributed by atoms with van der Waals surface area (Å²) in [5, 5.41) is 0. The van der Waals surface area contributed by atoms with E-state index in [2.05, 4.69) is 0 Å². The third-order valence-corrected chi connectivity index (χ3v) is 3.15. The molecule has 2 saturated carbocycles. The number of carbonyl (C=O) groups excluding carboxylic acids is 1. The van der Waals surface area contributed by atoms with Gasteiger partial charge in [0, 0.05) is 6.04 Å². The highest BCUT2D eigenvalue weighted by Crippen LogP contribution is 2.54. The molecule has 1 atom stereocenters. The van der Waals surface area contributed by atoms with E-state index in [0.717, 1.165) is 12.8 Å². The molecule has 2 fully saturated rings. The van der Waals surface area contributed by atoms with E-state index in [0.29, 0.717) is 5.92 Å². The van der Waals surface area contributed by atoms with Gasteiger partial charge in [-0.15, -0.1) is 0 Å². The molecule has 3 nitrogen and oxygen atoms in total. The molecule has 12 heavy (non-hydrogen) atoms. The standard InChI is InChI=1S/C9H15NO2/c1-12-8(11)9(4-5-9)7(10)6-2-3-6/h6-7H,2-5,10H2,1H3. The molecule has 0 saturated heterocycles. The van der Waals surface area contributed by atoms with E-state index in [-0.39, 0.29) is 17.4 Å². The highest BCUT2D eigenvalue weighted by atomic mass is 16.5. The number of ether oxygens (including phenoxy) is 1. The number of esters is 1. The predicted octanol–water partition coefficient (Wildman–Crippen LogP) is 0.677. The summed E-state index contributed by atoms with van der Waals surface area (Å²) >= 11 is 0. The third kappa shape index (κ3) is 1.04. The molecule has 0 amide bonds. The van der Waals surface area contributed by atoms with Crippen molar-refractivity contribution in [1.82, 2.24) is 0 Å². The lowest BCUT2D eigenvalue weighted by Crippen LogP contribution is -2.39. The minimum Gasteiger partial charge on any atom is -0.469 e. The van der Waals surface area contributed by atoms with Crippen LogP contribution in [0.2, 0.25) is 0 Å². The van der Waals surface area contributed by atoms with E-state index < -0.39 is 0 Å². The summed E-state index contributed by atoms with van der Waals surface area (Å²) in [5.74, 6) is 0.494. The fourth-order valence-corrected chi connectivity index (χ4v) is 1.92. The average molecular weight is 169 g/mol. The lowest BCUT2D eigenvalue weighted by Gasteiger charge is -2.19. The second-order valence-corrected chi connectivity index (χ2v) is 4.01. The van der Waals surface area contributed by atoms with Gasteiger partial charge in [-0.3, -0.25) is 4.79 Å². The molecule has 0 bridgehead atoms. The Morgan fingerprint density at radius 1 is 1.58 bits per heavy atom. The van der Waals surface area contributed by atoms with Gasteiger partial charge in [-0.2, -0.15) is 0 Å². The Hall–Kier alpha value is -0.570. The minimum atomic E-state index is -0.282. The number of nitrogens with two attached hydrogens (primary N) is 1. The van der Waals surface area contributed by atoms with Gasteiger partial charge in [0.2, 0.25) is 0 Å². The van der Waals surface area contributed by atoms with E-state index in [1.807, 2.05) is 0 Å². The Morgan fingerprint density at radius 3 is 2.50 bits per heavy atom. The lowest BCUT2D eigenvalue weighted by molar-refractivity contribution is -0.148. The van der Waals surface area contributed by atoms with Crippen LogP contribution < -0.4 is 5.73 Å². The zero-order chi connectivity index (χ0) is 8.77. The van der Waals surface area contributed by atoms with Crippen LogP contribution in [-0.4, -0.2) is 19.1 Å². The normalized spacial score (nSPS) is 27.8. The van der Waals surface area contributed by atoms with Crippen molar-refractivity contribution in [2.45, 2.75) is 31.7 Å². The van der Waals surface area contributed by atoms with Gasteiger partial charge < -0.3 is 10.5 Å². The maximum Gasteiger partial charge on any atom is 0.313 e. The molecular formula is C9H15NO2. The van der Waals surface area contributed by atoms with Crippen molar-refractivity contribution >= 4 is 5.97 Å². The first-order chi connectivity index (χ1) is 5.70. The Balaban J connectivity index is 2.04. The largest absolute Gasteiger partial charge is 0.469 e. The molecule has 2 rings (SSSR count). The molecule has 1 unspecified atom stereocenters. The summed E-state index contributed by atoms with van der Waals surface area (Å²) in [6.07, 6.45) is 4.24. The van der Waals surface area contributed by atoms with Gasteiger partial charge in [-0.25, -0.2) is 0 Å². The SMILES string of the molecule is COC(=O)C1(C(N)C2CC2)CC1. The summed E-state index contributed by atoms with van der Waals surface area (Å²) in [6.45, 7) is 0. The fourth-order valence-electron chi connectivity index (χ4n) is 1.92. The van der Waals surface area contributed by atoms with E-state index in [4.69, 9.17) is 10.5 Å². The second-order valence-electron chi connectivity index (χ2n) is 4.01. The van der Waals surface area contributed by atoms with Gasteiger partial charge in [0.15, 0.2) is 0 Å². The van der Waals surface area contributed by atoms with Crippen LogP contribution in [0.1, 0.15) is 25.7 Å². The smallest absolute Gasteiger partial charge is 0.313 e. The molecule has 0 aromatic rings. The number of rotatable bonds is 3. The molecule has 68 valence electrons. The van der Waals surface area contributed by atoms with Crippen molar-refractivity contribution < 1.29 is 9.53 Å². The van der Waals surface area contributed by atoms with E-state index >= 15 is 0 Å². The van der Waals surface area contributed by atoms with E-state index in [9.17, 15) is 4.79 Å². The van der Waals surface area contributed by atoms with Gasteiger partial charge in [0.1, 0.15) is 0 Å². The van der Waals surface area contributed by atoms with Gasteiger partial charge in [-0.05, 0) is 31.6 Å². The topological polar surface area (TPSA) is 52.3 Å². The van der Waals surface area contributed by atoms with Crippen LogP contribution in [0, 0.1) is 11.3 Å². The van der Waals surface area contributed by atoms with Gasteiger partial charge in [0.25, 0.3) is 0 Å². The zero-order valence-corrected chi connectivity index (χ0v) is 7.38. The fraction of sp³-hybridized carbons (Fsp3) is 0.889. The first kappa shape index (κ1) is 8.05. The van der Waals surface area contributed by atoms with Crippen LogP contribution in [0.25, 0.3) is 0 Å². The highest BCUT2D eigenvalue weighted by molar-refractivity contribution is 5.80. The Morgan fingerprint density at radius 2 is 2.17 bits per heavy atom. The summed E-state index contributed by atoms with van der Waals surface area (Å²) in [4.78, 5) is 11.4. The maximum atomic E-state index is 11.4. The number of methoxy groups -OCH3 is 1. The number of hydrogen-bond acceptors (Lipinski definition) is 3. The Bertz CT molecular complexity index is 207. The molecule has 0 aromatic heterocycles. The Kier molecular flexibility index (Phi) is 1.65. The van der Waals surface area contributed by atoms with Crippen LogP contribution in [0.15, 0.2) is 0 Å². The predicted molar refractivity (Wildman–Crippen MR) is 44.4 cm³/mol. The van der Waals surface area contributed by atoms with Crippen molar-refractivity contribution in [3.63, 3.8) is 0 Å². The molecule has 0 heterocycles. The monoisotopic (exact) mass is 169 g/mol. The van der Waals surface area contributed by atoms with Gasteiger partial charge in [-0.1, -0.05) is 0 Å². The van der Waals surface area contributed by atoms with Crippen LogP contribution in [0.4, 0.5) is 0 Å². The molecule has 2 N–H and O–H groups in total. The molecule has 2 aliphatic rings. The van der Waals surface area contributed by atoms with E-state index in [1.165, 1.54) is 20.0 Å². The molecule has 0 aromatic carbocycles. The first-order valence-corrected chi connectivity index (χ1v) is 4.55. The van der Waals surface area contributed by atoms with Crippen LogP contribution in [-0.2, 0) is 9.53 Å². The quantitative estimate of drug-likeness (QED) is 0.632. The minimum absolute atomic E-state index is 0.0601. The molecular weight excluding hydrogens is 154 g/mol. The number of carbonyl (C=O) groups is 1. The van der Waals surface area contributed by atoms with Crippen LogP contribution in [0.3, 0.4) is 0 Å². The van der Waals surface area contributed by atoms with Gasteiger partial charge >= 0.3 is 5.97 Å². The summed E-state index contributed by atoms with van der Waals surface area (Å²) in [7, 11) is 1.45. The highest BCUT2D eigenvalue weighted by Gasteiger charge is 2.58. The van der Waals surface area contributed by atoms with Crippen molar-refractivity contribution in [3.8, 4) is 0 Å². The van der Waals surface area contributed by atoms with Gasteiger partial charge in [0.05, 0.1) is 12.5 Å². The summed E-state index contributed by atoms with van der Waals surface area (Å²) in [5.41, 5.74) is 5.71. The third-order valence-electron chi connectivity index (χ3n) is 3.15. The van der Waals surface area contributed by atoms with Crippen molar-refractivity contribution in [3.05, 3.63) is 0 Å². The van der Waals surface area contributed by atoms with Crippen molar-refractivity contribution in [2.24, 2.45) is 17.1 Å². The molecule has 3 heteroatoms. The Labute approximate surface area is 72.3 Å². The number of hydrogen-bond donors (Lipinski definition) is 1. The van der Waals surface area contributed by atoms with E-state index in [1.54, 1.807) is 0 Å². The second kappa shape index (κ2) is 2.46. The van der Waals surface area contributed by atoms with Crippen molar-refractivity contribution in [2.75, 3.05) is 7.11 Å². The maximum absolute atomic E-state index is 11.4. The average Bonchev–Trinajstić information content (AvgIpc) is 2.92. The van der Waals surface area contributed by atoms with Crippen LogP contribution >= 0.6 is 0 Å². The molecule has 0 aliphatic heterocycles.